The first-order valence-electron chi connectivity index (χ1n) is 8.79. The van der Waals surface area contributed by atoms with Crippen molar-refractivity contribution in [2.75, 3.05) is 18.8 Å². The van der Waals surface area contributed by atoms with Gasteiger partial charge in [-0.3, -0.25) is 0 Å². The Morgan fingerprint density at radius 2 is 1.96 bits per heavy atom. The smallest absolute Gasteiger partial charge is 0.410 e. The number of carbonyl (C=O) groups is 1. The lowest BCUT2D eigenvalue weighted by molar-refractivity contribution is 0.0274. The van der Waals surface area contributed by atoms with E-state index in [9.17, 15) is 4.79 Å². The highest BCUT2D eigenvalue weighted by Crippen LogP contribution is 2.28. The van der Waals surface area contributed by atoms with Gasteiger partial charge in [-0.1, -0.05) is 18.2 Å². The van der Waals surface area contributed by atoms with E-state index in [-0.39, 0.29) is 12.2 Å². The molecular weight excluding hydrogens is 332 g/mol. The topological polar surface area (TPSA) is 82.6 Å². The number of likely N-dealkylation sites (tertiary alicyclic amines) is 1. The van der Waals surface area contributed by atoms with E-state index < -0.39 is 5.60 Å². The van der Waals surface area contributed by atoms with E-state index in [1.807, 2.05) is 58.0 Å². The molecule has 1 aromatic heterocycles. The molecule has 0 unspecified atom stereocenters. The Morgan fingerprint density at radius 3 is 2.62 bits per heavy atom. The van der Waals surface area contributed by atoms with Crippen LogP contribution in [-0.4, -0.2) is 45.6 Å². The van der Waals surface area contributed by atoms with Crippen LogP contribution in [0.25, 0.3) is 5.69 Å². The number of amides is 1. The number of ether oxygens (including phenoxy) is 2. The van der Waals surface area contributed by atoms with Crippen LogP contribution in [0, 0.1) is 6.92 Å². The molecule has 0 saturated carbocycles. The molecule has 2 heterocycles. The average molecular weight is 358 g/mol. The van der Waals surface area contributed by atoms with Crippen LogP contribution in [0.5, 0.6) is 5.88 Å². The number of carbonyl (C=O) groups excluding carboxylic acids is 1. The molecule has 26 heavy (non-hydrogen) atoms. The van der Waals surface area contributed by atoms with Crippen LogP contribution in [0.1, 0.15) is 32.8 Å². The molecule has 140 valence electrons. The van der Waals surface area contributed by atoms with Crippen molar-refractivity contribution < 1.29 is 14.3 Å². The lowest BCUT2D eigenvalue weighted by atomic mass is 10.2. The quantitative estimate of drug-likeness (QED) is 0.911. The first kappa shape index (κ1) is 18.1. The van der Waals surface area contributed by atoms with Crippen LogP contribution in [0.15, 0.2) is 30.3 Å². The summed E-state index contributed by atoms with van der Waals surface area (Å²) >= 11 is 0. The second-order valence-electron chi connectivity index (χ2n) is 7.52. The van der Waals surface area contributed by atoms with Gasteiger partial charge in [-0.2, -0.15) is 0 Å². The van der Waals surface area contributed by atoms with Crippen molar-refractivity contribution in [2.45, 2.75) is 45.8 Å². The monoisotopic (exact) mass is 358 g/mol. The number of nitrogens with zero attached hydrogens (tertiary/aromatic N) is 3. The molecule has 7 heteroatoms. The summed E-state index contributed by atoms with van der Waals surface area (Å²) in [5.74, 6) is 1.05. The van der Waals surface area contributed by atoms with Crippen LogP contribution in [0.2, 0.25) is 0 Å². The molecule has 1 aromatic carbocycles. The minimum Gasteiger partial charge on any atom is -0.471 e. The fraction of sp³-hybridized carbons (Fsp3) is 0.474. The highest BCUT2D eigenvalue weighted by atomic mass is 16.6. The van der Waals surface area contributed by atoms with Gasteiger partial charge in [-0.25, -0.2) is 9.48 Å². The van der Waals surface area contributed by atoms with Crippen molar-refractivity contribution >= 4 is 11.9 Å². The molecule has 1 aliphatic heterocycles. The molecule has 0 spiro atoms. The van der Waals surface area contributed by atoms with E-state index >= 15 is 0 Å². The summed E-state index contributed by atoms with van der Waals surface area (Å²) in [6.07, 6.45) is 0.297. The lowest BCUT2D eigenvalue weighted by Gasteiger charge is -2.24. The normalized spacial score (nSPS) is 17.4. The number of rotatable bonds is 3. The van der Waals surface area contributed by atoms with Gasteiger partial charge < -0.3 is 20.1 Å². The number of aromatic nitrogens is 2. The molecule has 3 rings (SSSR count). The second kappa shape index (κ2) is 6.90. The summed E-state index contributed by atoms with van der Waals surface area (Å²) in [6, 6.07) is 9.68. The van der Waals surface area contributed by atoms with Gasteiger partial charge in [0.15, 0.2) is 0 Å². The van der Waals surface area contributed by atoms with Crippen molar-refractivity contribution in [1.29, 1.82) is 0 Å². The average Bonchev–Trinajstić information content (AvgIpc) is 3.15. The Kier molecular flexibility index (Phi) is 4.80. The standard InChI is InChI=1S/C19H26N4O3/c1-13-16(20)23(14-8-6-5-7-9-14)21-17(13)25-15-10-11-22(12-15)18(24)26-19(2,3)4/h5-9,15H,10-12,20H2,1-4H3/t15-/m1/s1. The zero-order valence-corrected chi connectivity index (χ0v) is 15.7. The van der Waals surface area contributed by atoms with Crippen LogP contribution in [-0.2, 0) is 4.74 Å². The second-order valence-corrected chi connectivity index (χ2v) is 7.52. The first-order valence-corrected chi connectivity index (χ1v) is 8.79. The molecule has 0 aliphatic carbocycles. The molecule has 1 fully saturated rings. The maximum Gasteiger partial charge on any atom is 0.410 e. The third-order valence-corrected chi connectivity index (χ3v) is 4.20. The van der Waals surface area contributed by atoms with E-state index in [0.29, 0.717) is 24.8 Å². The molecule has 1 amide bonds. The zero-order valence-electron chi connectivity index (χ0n) is 15.7. The molecule has 2 N–H and O–H groups in total. The van der Waals surface area contributed by atoms with Crippen molar-refractivity contribution in [1.82, 2.24) is 14.7 Å². The zero-order chi connectivity index (χ0) is 18.9. The van der Waals surface area contributed by atoms with Crippen LogP contribution >= 0.6 is 0 Å². The molecule has 1 aliphatic rings. The molecule has 1 saturated heterocycles. The van der Waals surface area contributed by atoms with E-state index in [1.54, 1.807) is 9.58 Å². The Hall–Kier alpha value is -2.70. The van der Waals surface area contributed by atoms with Crippen molar-refractivity contribution in [3.8, 4) is 11.6 Å². The van der Waals surface area contributed by atoms with Crippen molar-refractivity contribution in [3.63, 3.8) is 0 Å². The minimum absolute atomic E-state index is 0.125. The van der Waals surface area contributed by atoms with Crippen molar-refractivity contribution in [2.24, 2.45) is 0 Å². The third-order valence-electron chi connectivity index (χ3n) is 4.20. The van der Waals surface area contributed by atoms with Gasteiger partial charge in [0.25, 0.3) is 0 Å². The van der Waals surface area contributed by atoms with E-state index in [2.05, 4.69) is 5.10 Å². The number of anilines is 1. The molecule has 2 aromatic rings. The van der Waals surface area contributed by atoms with Gasteiger partial charge in [0.1, 0.15) is 17.5 Å². The fourth-order valence-corrected chi connectivity index (χ4v) is 2.84. The number of para-hydroxylation sites is 1. The summed E-state index contributed by atoms with van der Waals surface area (Å²) in [7, 11) is 0. The lowest BCUT2D eigenvalue weighted by Crippen LogP contribution is -2.36. The van der Waals surface area contributed by atoms with Gasteiger partial charge in [0.2, 0.25) is 5.88 Å². The summed E-state index contributed by atoms with van der Waals surface area (Å²) < 4.78 is 13.1. The minimum atomic E-state index is -0.504. The summed E-state index contributed by atoms with van der Waals surface area (Å²) in [6.45, 7) is 8.55. The highest BCUT2D eigenvalue weighted by Gasteiger charge is 2.32. The summed E-state index contributed by atoms with van der Waals surface area (Å²) in [5, 5.41) is 4.51. The Bertz CT molecular complexity index is 780. The number of nitrogen functional groups attached to an aromatic ring is 1. The molecule has 7 nitrogen and oxygen atoms in total. The maximum atomic E-state index is 12.2. The molecule has 0 radical (unpaired) electrons. The van der Waals surface area contributed by atoms with E-state index in [1.165, 1.54) is 0 Å². The molecule has 1 atom stereocenters. The number of benzene rings is 1. The Morgan fingerprint density at radius 1 is 1.27 bits per heavy atom. The SMILES string of the molecule is Cc1c(O[C@@H]2CCN(C(=O)OC(C)(C)C)C2)nn(-c2ccccc2)c1N. The Balaban J connectivity index is 1.68. The Labute approximate surface area is 153 Å². The van der Waals surface area contributed by atoms with Crippen molar-refractivity contribution in [3.05, 3.63) is 35.9 Å². The number of nitrogens with two attached hydrogens (primary N) is 1. The predicted molar refractivity (Wildman–Crippen MR) is 99.6 cm³/mol. The largest absolute Gasteiger partial charge is 0.471 e. The van der Waals surface area contributed by atoms with Gasteiger partial charge >= 0.3 is 6.09 Å². The molecular formula is C19H26N4O3. The van der Waals surface area contributed by atoms with Crippen LogP contribution in [0.3, 0.4) is 0 Å². The number of hydrogen-bond donors (Lipinski definition) is 1. The summed E-state index contributed by atoms with van der Waals surface area (Å²) in [5.41, 5.74) is 7.36. The predicted octanol–water partition coefficient (Wildman–Crippen LogP) is 3.15. The third kappa shape index (κ3) is 3.92. The van der Waals surface area contributed by atoms with Gasteiger partial charge in [0.05, 0.1) is 17.8 Å². The van der Waals surface area contributed by atoms with Crippen LogP contribution < -0.4 is 10.5 Å². The van der Waals surface area contributed by atoms with Crippen LogP contribution in [0.4, 0.5) is 10.6 Å². The van der Waals surface area contributed by atoms with E-state index in [0.717, 1.165) is 17.7 Å². The van der Waals surface area contributed by atoms with E-state index in [4.69, 9.17) is 15.2 Å². The summed E-state index contributed by atoms with van der Waals surface area (Å²) in [4.78, 5) is 13.8. The van der Waals surface area contributed by atoms with Gasteiger partial charge in [-0.15, -0.1) is 5.10 Å². The number of hydrogen-bond acceptors (Lipinski definition) is 5. The highest BCUT2D eigenvalue weighted by molar-refractivity contribution is 5.68. The molecule has 0 bridgehead atoms. The first-order chi connectivity index (χ1) is 12.2. The maximum absolute atomic E-state index is 12.2. The fourth-order valence-electron chi connectivity index (χ4n) is 2.84. The van der Waals surface area contributed by atoms with Gasteiger partial charge in [0, 0.05) is 13.0 Å². The van der Waals surface area contributed by atoms with Gasteiger partial charge in [-0.05, 0) is 39.8 Å².